The lowest BCUT2D eigenvalue weighted by Gasteiger charge is -2.60. The number of hydrogen-bond acceptors (Lipinski definition) is 8. The Balaban J connectivity index is 1.02. The van der Waals surface area contributed by atoms with Crippen LogP contribution in [-0.4, -0.2) is 62.8 Å². The molecule has 11 heteroatoms. The van der Waals surface area contributed by atoms with Crippen molar-refractivity contribution in [1.29, 1.82) is 0 Å². The molecule has 10 nitrogen and oxygen atoms in total. The Bertz CT molecular complexity index is 1830. The second-order valence-electron chi connectivity index (χ2n) is 13.2. The molecule has 7 rings (SSSR count). The third-order valence-electron chi connectivity index (χ3n) is 9.09. The zero-order valence-electron chi connectivity index (χ0n) is 25.7. The van der Waals surface area contributed by atoms with Crippen LogP contribution in [0.5, 0.6) is 11.5 Å². The topological polar surface area (TPSA) is 113 Å². The number of hydrogen-bond donors (Lipinski definition) is 1. The SMILES string of the molecule is CC(C)c1ncncc1-c1cc(F)ccc1Oc1cncnc1N1CC2(CN(C(=O)Cc3ccc4c(c3)NC(=O)C4(C)C)C2)C1. The highest BCUT2D eigenvalue weighted by Crippen LogP contribution is 2.45. The van der Waals surface area contributed by atoms with Crippen molar-refractivity contribution in [3.05, 3.63) is 84.1 Å². The minimum atomic E-state index is -0.568. The van der Waals surface area contributed by atoms with Gasteiger partial charge in [0.1, 0.15) is 24.2 Å². The molecule has 2 saturated heterocycles. The van der Waals surface area contributed by atoms with Gasteiger partial charge in [-0.25, -0.2) is 24.3 Å². The van der Waals surface area contributed by atoms with Crippen LogP contribution in [-0.2, 0) is 21.4 Å². The first-order valence-corrected chi connectivity index (χ1v) is 15.1. The molecule has 2 amide bonds. The van der Waals surface area contributed by atoms with Gasteiger partial charge in [0.15, 0.2) is 11.6 Å². The van der Waals surface area contributed by atoms with E-state index in [9.17, 15) is 14.0 Å². The van der Waals surface area contributed by atoms with Gasteiger partial charge in [0, 0.05) is 54.6 Å². The van der Waals surface area contributed by atoms with Crippen LogP contribution in [0.2, 0.25) is 0 Å². The van der Waals surface area contributed by atoms with Gasteiger partial charge in [-0.05, 0) is 55.2 Å². The number of rotatable bonds is 7. The van der Waals surface area contributed by atoms with E-state index in [4.69, 9.17) is 4.74 Å². The van der Waals surface area contributed by atoms with E-state index in [0.29, 0.717) is 41.5 Å². The van der Waals surface area contributed by atoms with Crippen LogP contribution in [0.3, 0.4) is 0 Å². The van der Waals surface area contributed by atoms with Crippen LogP contribution < -0.4 is 15.0 Å². The summed E-state index contributed by atoms with van der Waals surface area (Å²) in [5.74, 6) is 1.32. The number of nitrogens with one attached hydrogen (secondary N) is 1. The van der Waals surface area contributed by atoms with Crippen LogP contribution in [0.25, 0.3) is 11.1 Å². The minimum Gasteiger partial charge on any atom is -0.451 e. The molecule has 3 aliphatic rings. The van der Waals surface area contributed by atoms with Crippen LogP contribution >= 0.6 is 0 Å². The molecular weight excluding hydrogens is 573 g/mol. The summed E-state index contributed by atoms with van der Waals surface area (Å²) in [5.41, 5.74) is 4.12. The van der Waals surface area contributed by atoms with Crippen molar-refractivity contribution < 1.29 is 18.7 Å². The Kier molecular flexibility index (Phi) is 6.79. The van der Waals surface area contributed by atoms with Crippen molar-refractivity contribution in [2.24, 2.45) is 5.41 Å². The Hall–Kier alpha value is -4.93. The van der Waals surface area contributed by atoms with Gasteiger partial charge in [0.25, 0.3) is 0 Å². The molecule has 1 N–H and O–H groups in total. The van der Waals surface area contributed by atoms with Crippen molar-refractivity contribution in [1.82, 2.24) is 24.8 Å². The lowest BCUT2D eigenvalue weighted by atomic mass is 9.72. The van der Waals surface area contributed by atoms with E-state index in [0.717, 1.165) is 35.6 Å². The molecule has 2 aromatic carbocycles. The maximum Gasteiger partial charge on any atom is 0.234 e. The van der Waals surface area contributed by atoms with Crippen LogP contribution in [0.4, 0.5) is 15.9 Å². The van der Waals surface area contributed by atoms with E-state index < -0.39 is 5.41 Å². The first-order valence-electron chi connectivity index (χ1n) is 15.1. The third kappa shape index (κ3) is 5.05. The Labute approximate surface area is 260 Å². The predicted octanol–water partition coefficient (Wildman–Crippen LogP) is 5.11. The fourth-order valence-electron chi connectivity index (χ4n) is 6.64. The summed E-state index contributed by atoms with van der Waals surface area (Å²) < 4.78 is 20.8. The highest BCUT2D eigenvalue weighted by Gasteiger charge is 2.54. The van der Waals surface area contributed by atoms with Crippen molar-refractivity contribution in [3.8, 4) is 22.6 Å². The number of amides is 2. The number of carbonyl (C=O) groups excluding carboxylic acids is 2. The van der Waals surface area contributed by atoms with E-state index in [1.165, 1.54) is 24.8 Å². The number of aromatic nitrogens is 4. The molecule has 0 bridgehead atoms. The lowest BCUT2D eigenvalue weighted by Crippen LogP contribution is -2.73. The van der Waals surface area contributed by atoms with E-state index in [1.807, 2.05) is 50.8 Å². The summed E-state index contributed by atoms with van der Waals surface area (Å²) in [6.07, 6.45) is 6.56. The quantitative estimate of drug-likeness (QED) is 0.309. The summed E-state index contributed by atoms with van der Waals surface area (Å²) >= 11 is 0. The summed E-state index contributed by atoms with van der Waals surface area (Å²) in [7, 11) is 0. The first-order chi connectivity index (χ1) is 21.5. The van der Waals surface area contributed by atoms with Gasteiger partial charge in [0.05, 0.1) is 23.7 Å². The molecule has 2 aromatic heterocycles. The van der Waals surface area contributed by atoms with E-state index in [1.54, 1.807) is 18.5 Å². The van der Waals surface area contributed by atoms with Gasteiger partial charge in [0.2, 0.25) is 11.8 Å². The first kappa shape index (κ1) is 28.8. The number of likely N-dealkylation sites (tertiary alicyclic amines) is 1. The Morgan fingerprint density at radius 1 is 0.978 bits per heavy atom. The van der Waals surface area contributed by atoms with Gasteiger partial charge >= 0.3 is 0 Å². The largest absolute Gasteiger partial charge is 0.451 e. The summed E-state index contributed by atoms with van der Waals surface area (Å²) in [4.78, 5) is 46.7. The van der Waals surface area contributed by atoms with Gasteiger partial charge < -0.3 is 19.9 Å². The van der Waals surface area contributed by atoms with Crippen LogP contribution in [0, 0.1) is 11.2 Å². The Morgan fingerprint density at radius 2 is 1.73 bits per heavy atom. The zero-order valence-corrected chi connectivity index (χ0v) is 25.7. The molecular formula is C34H34FN7O3. The molecule has 0 radical (unpaired) electrons. The molecule has 45 heavy (non-hydrogen) atoms. The second-order valence-corrected chi connectivity index (χ2v) is 13.2. The highest BCUT2D eigenvalue weighted by atomic mass is 19.1. The molecule has 4 aromatic rings. The molecule has 230 valence electrons. The number of carbonyl (C=O) groups is 2. The normalized spacial score (nSPS) is 17.5. The van der Waals surface area contributed by atoms with E-state index in [2.05, 4.69) is 30.2 Å². The van der Waals surface area contributed by atoms with Gasteiger partial charge in [-0.3, -0.25) is 9.59 Å². The molecule has 2 fully saturated rings. The number of ether oxygens (including phenoxy) is 1. The molecule has 3 aliphatic heterocycles. The molecule has 0 saturated carbocycles. The molecule has 0 unspecified atom stereocenters. The Morgan fingerprint density at radius 3 is 2.51 bits per heavy atom. The summed E-state index contributed by atoms with van der Waals surface area (Å²) in [6, 6.07) is 10.2. The average molecular weight is 608 g/mol. The fourth-order valence-corrected chi connectivity index (χ4v) is 6.64. The van der Waals surface area contributed by atoms with Crippen LogP contribution in [0.15, 0.2) is 61.4 Å². The van der Waals surface area contributed by atoms with Gasteiger partial charge in [-0.1, -0.05) is 26.0 Å². The van der Waals surface area contributed by atoms with E-state index in [-0.39, 0.29) is 35.4 Å². The number of nitrogens with zero attached hydrogens (tertiary/aromatic N) is 6. The number of halogens is 1. The average Bonchev–Trinajstić information content (AvgIpc) is 3.20. The number of benzene rings is 2. The number of anilines is 2. The maximum absolute atomic E-state index is 14.4. The summed E-state index contributed by atoms with van der Waals surface area (Å²) in [5, 5.41) is 2.94. The van der Waals surface area contributed by atoms with E-state index >= 15 is 0 Å². The van der Waals surface area contributed by atoms with Gasteiger partial charge in [-0.15, -0.1) is 0 Å². The molecule has 0 atom stereocenters. The van der Waals surface area contributed by atoms with Crippen molar-refractivity contribution in [2.75, 3.05) is 36.4 Å². The second kappa shape index (κ2) is 10.6. The highest BCUT2D eigenvalue weighted by molar-refractivity contribution is 6.05. The summed E-state index contributed by atoms with van der Waals surface area (Å²) in [6.45, 7) is 10.7. The predicted molar refractivity (Wildman–Crippen MR) is 167 cm³/mol. The fraction of sp³-hybridized carbons (Fsp3) is 0.353. The van der Waals surface area contributed by atoms with Crippen molar-refractivity contribution >= 4 is 23.3 Å². The van der Waals surface area contributed by atoms with Crippen LogP contribution in [0.1, 0.15) is 50.4 Å². The molecule has 1 spiro atoms. The zero-order chi connectivity index (χ0) is 31.5. The number of fused-ring (bicyclic) bond motifs is 1. The smallest absolute Gasteiger partial charge is 0.234 e. The molecule has 0 aliphatic carbocycles. The third-order valence-corrected chi connectivity index (χ3v) is 9.09. The standard InChI is InChI=1S/C34H34FN7O3/c1-20(2)30-24(12-36-18-38-30)23-11-22(35)6-8-27(23)45-28-13-37-19-39-31(28)42-16-34(17-42)14-41(15-34)29(43)10-21-5-7-25-26(9-21)40-32(44)33(25,3)4/h5-9,11-13,18-20H,10,14-17H2,1-4H3,(H,40,44). The molecule has 5 heterocycles. The van der Waals surface area contributed by atoms with Crippen molar-refractivity contribution in [2.45, 2.75) is 45.4 Å². The van der Waals surface area contributed by atoms with Gasteiger partial charge in [-0.2, -0.15) is 0 Å². The lowest BCUT2D eigenvalue weighted by molar-refractivity contribution is -0.144. The monoisotopic (exact) mass is 607 g/mol. The van der Waals surface area contributed by atoms with Crippen molar-refractivity contribution in [3.63, 3.8) is 0 Å². The maximum atomic E-state index is 14.4. The minimum absolute atomic E-state index is 0.00237.